The lowest BCUT2D eigenvalue weighted by atomic mass is 10.2. The molecule has 0 aliphatic rings. The minimum absolute atomic E-state index is 0.324. The molecule has 0 atom stereocenters. The van der Waals surface area contributed by atoms with Crippen molar-refractivity contribution in [2.75, 3.05) is 5.73 Å². The van der Waals surface area contributed by atoms with Gasteiger partial charge in [0.25, 0.3) is 0 Å². The van der Waals surface area contributed by atoms with Gasteiger partial charge in [0.1, 0.15) is 6.61 Å². The van der Waals surface area contributed by atoms with Crippen LogP contribution in [-0.2, 0) is 6.61 Å². The predicted octanol–water partition coefficient (Wildman–Crippen LogP) is 4.81. The summed E-state index contributed by atoms with van der Waals surface area (Å²) in [5, 5.41) is 1.48. The molecule has 0 aliphatic heterocycles. The van der Waals surface area contributed by atoms with Crippen LogP contribution < -0.4 is 10.5 Å². The largest absolute Gasteiger partial charge is 0.486 e. The molecule has 0 saturated carbocycles. The molecular formula is C13H10Cl3NO. The topological polar surface area (TPSA) is 35.2 Å². The zero-order valence-electron chi connectivity index (χ0n) is 9.29. The first kappa shape index (κ1) is 13.3. The van der Waals surface area contributed by atoms with Gasteiger partial charge in [0.2, 0.25) is 0 Å². The van der Waals surface area contributed by atoms with Crippen LogP contribution >= 0.6 is 34.8 Å². The minimum Gasteiger partial charge on any atom is -0.486 e. The Morgan fingerprint density at radius 3 is 2.22 bits per heavy atom. The van der Waals surface area contributed by atoms with Gasteiger partial charge >= 0.3 is 0 Å². The summed E-state index contributed by atoms with van der Waals surface area (Å²) in [5.74, 6) is 0.467. The lowest BCUT2D eigenvalue weighted by Crippen LogP contribution is -1.98. The Balaban J connectivity index is 2.14. The number of rotatable bonds is 3. The highest BCUT2D eigenvalue weighted by Gasteiger charge is 2.07. The maximum atomic E-state index is 6.00. The zero-order valence-corrected chi connectivity index (χ0v) is 11.6. The summed E-state index contributed by atoms with van der Waals surface area (Å²) in [5.41, 5.74) is 7.12. The number of anilines is 1. The van der Waals surface area contributed by atoms with Gasteiger partial charge in [-0.1, -0.05) is 46.9 Å². The Bertz CT molecular complexity index is 552. The number of benzene rings is 2. The molecule has 0 spiro atoms. The van der Waals surface area contributed by atoms with Crippen LogP contribution in [0.25, 0.3) is 0 Å². The summed E-state index contributed by atoms with van der Waals surface area (Å²) in [6.07, 6.45) is 0. The second-order valence-electron chi connectivity index (χ2n) is 3.70. The summed E-state index contributed by atoms with van der Waals surface area (Å²) in [6.45, 7) is 0.324. The van der Waals surface area contributed by atoms with Crippen LogP contribution in [0.2, 0.25) is 15.1 Å². The van der Waals surface area contributed by atoms with Crippen LogP contribution in [0, 0.1) is 0 Å². The van der Waals surface area contributed by atoms with Crippen LogP contribution in [0.1, 0.15) is 5.56 Å². The number of hydrogen-bond acceptors (Lipinski definition) is 2. The Hall–Kier alpha value is -1.09. The minimum atomic E-state index is 0.324. The summed E-state index contributed by atoms with van der Waals surface area (Å²) < 4.78 is 5.59. The van der Waals surface area contributed by atoms with Gasteiger partial charge in [-0.15, -0.1) is 0 Å². The summed E-state index contributed by atoms with van der Waals surface area (Å²) in [4.78, 5) is 0. The van der Waals surface area contributed by atoms with E-state index in [9.17, 15) is 0 Å². The summed E-state index contributed by atoms with van der Waals surface area (Å²) in [6, 6.07) is 10.5. The number of halogens is 3. The number of hydrogen-bond donors (Lipinski definition) is 1. The van der Waals surface area contributed by atoms with Crippen LogP contribution in [0.3, 0.4) is 0 Å². The van der Waals surface area contributed by atoms with E-state index in [2.05, 4.69) is 0 Å². The first-order valence-corrected chi connectivity index (χ1v) is 6.32. The Kier molecular flexibility index (Phi) is 4.23. The van der Waals surface area contributed by atoms with Crippen molar-refractivity contribution >= 4 is 40.5 Å². The van der Waals surface area contributed by atoms with Crippen molar-refractivity contribution in [3.8, 4) is 5.75 Å². The zero-order chi connectivity index (χ0) is 13.1. The molecule has 18 heavy (non-hydrogen) atoms. The SMILES string of the molecule is Nc1cc(COc2c(Cl)cccc2Cl)ccc1Cl. The molecule has 0 fully saturated rings. The normalized spacial score (nSPS) is 10.4. The summed E-state index contributed by atoms with van der Waals surface area (Å²) in [7, 11) is 0. The Morgan fingerprint density at radius 2 is 1.61 bits per heavy atom. The van der Waals surface area contributed by atoms with Crippen LogP contribution in [0.4, 0.5) is 5.69 Å². The first-order valence-electron chi connectivity index (χ1n) is 5.18. The molecule has 94 valence electrons. The molecule has 0 bridgehead atoms. The van der Waals surface area contributed by atoms with E-state index in [0.717, 1.165) is 5.56 Å². The third kappa shape index (κ3) is 3.02. The molecule has 2 nitrogen and oxygen atoms in total. The number of para-hydroxylation sites is 1. The third-order valence-corrected chi connectivity index (χ3v) is 3.30. The quantitative estimate of drug-likeness (QED) is 0.826. The second kappa shape index (κ2) is 5.70. The molecule has 0 amide bonds. The molecule has 2 rings (SSSR count). The van der Waals surface area contributed by atoms with Crippen molar-refractivity contribution in [1.82, 2.24) is 0 Å². The average Bonchev–Trinajstić information content (AvgIpc) is 2.33. The van der Waals surface area contributed by atoms with Crippen LogP contribution in [-0.4, -0.2) is 0 Å². The smallest absolute Gasteiger partial charge is 0.156 e. The van der Waals surface area contributed by atoms with Crippen molar-refractivity contribution < 1.29 is 4.74 Å². The van der Waals surface area contributed by atoms with Gasteiger partial charge in [-0.2, -0.15) is 0 Å². The fraction of sp³-hybridized carbons (Fsp3) is 0.0769. The molecule has 0 heterocycles. The van der Waals surface area contributed by atoms with Crippen LogP contribution in [0.15, 0.2) is 36.4 Å². The average molecular weight is 303 g/mol. The Morgan fingerprint density at radius 1 is 0.944 bits per heavy atom. The van der Waals surface area contributed by atoms with E-state index in [4.69, 9.17) is 45.3 Å². The van der Waals surface area contributed by atoms with E-state index in [-0.39, 0.29) is 0 Å². The maximum Gasteiger partial charge on any atom is 0.156 e. The van der Waals surface area contributed by atoms with Crippen molar-refractivity contribution in [2.24, 2.45) is 0 Å². The van der Waals surface area contributed by atoms with Crippen LogP contribution in [0.5, 0.6) is 5.75 Å². The van der Waals surface area contributed by atoms with Crippen molar-refractivity contribution in [3.05, 3.63) is 57.0 Å². The number of nitrogen functional groups attached to an aromatic ring is 1. The number of ether oxygens (including phenoxy) is 1. The molecule has 2 aromatic rings. The van der Waals surface area contributed by atoms with E-state index in [1.54, 1.807) is 30.3 Å². The maximum absolute atomic E-state index is 6.00. The van der Waals surface area contributed by atoms with Gasteiger partial charge in [0, 0.05) is 0 Å². The second-order valence-corrected chi connectivity index (χ2v) is 4.92. The fourth-order valence-electron chi connectivity index (χ4n) is 1.46. The van der Waals surface area contributed by atoms with E-state index in [1.807, 2.05) is 6.07 Å². The molecule has 0 aliphatic carbocycles. The Labute approximate surface area is 120 Å². The van der Waals surface area contributed by atoms with Gasteiger partial charge in [0.05, 0.1) is 20.8 Å². The van der Waals surface area contributed by atoms with Crippen molar-refractivity contribution in [1.29, 1.82) is 0 Å². The molecule has 0 aromatic heterocycles. The van der Waals surface area contributed by atoms with Crippen molar-refractivity contribution in [2.45, 2.75) is 6.61 Å². The molecule has 2 aromatic carbocycles. The van der Waals surface area contributed by atoms with Crippen molar-refractivity contribution in [3.63, 3.8) is 0 Å². The molecule has 0 radical (unpaired) electrons. The van der Waals surface area contributed by atoms with E-state index >= 15 is 0 Å². The van der Waals surface area contributed by atoms with Gasteiger partial charge in [-0.3, -0.25) is 0 Å². The van der Waals surface area contributed by atoms with Gasteiger partial charge < -0.3 is 10.5 Å². The predicted molar refractivity (Wildman–Crippen MR) is 76.7 cm³/mol. The highest BCUT2D eigenvalue weighted by Crippen LogP contribution is 2.33. The highest BCUT2D eigenvalue weighted by molar-refractivity contribution is 6.37. The molecule has 2 N–H and O–H groups in total. The molecular weight excluding hydrogens is 293 g/mol. The monoisotopic (exact) mass is 301 g/mol. The first-order chi connectivity index (χ1) is 8.58. The van der Waals surface area contributed by atoms with E-state index in [1.165, 1.54) is 0 Å². The highest BCUT2D eigenvalue weighted by atomic mass is 35.5. The van der Waals surface area contributed by atoms with Gasteiger partial charge in [0.15, 0.2) is 5.75 Å². The summed E-state index contributed by atoms with van der Waals surface area (Å²) >= 11 is 17.8. The van der Waals surface area contributed by atoms with E-state index < -0.39 is 0 Å². The third-order valence-electron chi connectivity index (χ3n) is 2.36. The molecule has 5 heteroatoms. The fourth-order valence-corrected chi connectivity index (χ4v) is 2.08. The van der Waals surface area contributed by atoms with Gasteiger partial charge in [-0.05, 0) is 29.8 Å². The van der Waals surface area contributed by atoms with Gasteiger partial charge in [-0.25, -0.2) is 0 Å². The molecule has 0 unspecified atom stereocenters. The lowest BCUT2D eigenvalue weighted by Gasteiger charge is -2.10. The number of nitrogens with two attached hydrogens (primary N) is 1. The lowest BCUT2D eigenvalue weighted by molar-refractivity contribution is 0.306. The standard InChI is InChI=1S/C13H10Cl3NO/c14-9-5-4-8(6-12(9)17)7-18-13-10(15)2-1-3-11(13)16/h1-6H,7,17H2. The van der Waals surface area contributed by atoms with E-state index in [0.29, 0.717) is 33.1 Å². The molecule has 0 saturated heterocycles.